The largest absolute Gasteiger partial charge is 0.493 e. The third kappa shape index (κ3) is 4.66. The summed E-state index contributed by atoms with van der Waals surface area (Å²) in [6.07, 6.45) is -0.482. The molecule has 174 valence electrons. The second-order valence-electron chi connectivity index (χ2n) is 8.69. The van der Waals surface area contributed by atoms with Gasteiger partial charge in [0.25, 0.3) is 12.3 Å². The summed E-state index contributed by atoms with van der Waals surface area (Å²) in [4.78, 5) is 14.6. The van der Waals surface area contributed by atoms with E-state index in [4.69, 9.17) is 9.47 Å². The van der Waals surface area contributed by atoms with Crippen LogP contribution in [-0.2, 0) is 4.79 Å². The number of nitrogens with zero attached hydrogens (tertiary/aromatic N) is 3. The smallest absolute Gasteiger partial charge is 0.260 e. The lowest BCUT2D eigenvalue weighted by molar-refractivity contribution is -0.135. The van der Waals surface area contributed by atoms with E-state index in [1.807, 2.05) is 19.1 Å². The summed E-state index contributed by atoms with van der Waals surface area (Å²) in [7, 11) is 1.57. The minimum absolute atomic E-state index is 0.0874. The van der Waals surface area contributed by atoms with Crippen LogP contribution in [0.15, 0.2) is 24.3 Å². The van der Waals surface area contributed by atoms with Gasteiger partial charge < -0.3 is 19.7 Å². The summed E-state index contributed by atoms with van der Waals surface area (Å²) < 4.78 is 39.9. The van der Waals surface area contributed by atoms with Gasteiger partial charge in [0, 0.05) is 25.2 Å². The van der Waals surface area contributed by atoms with Gasteiger partial charge in [-0.1, -0.05) is 6.07 Å². The van der Waals surface area contributed by atoms with E-state index in [0.29, 0.717) is 36.1 Å². The molecule has 1 saturated heterocycles. The highest BCUT2D eigenvalue weighted by Crippen LogP contribution is 2.36. The van der Waals surface area contributed by atoms with Crippen molar-refractivity contribution in [3.63, 3.8) is 0 Å². The van der Waals surface area contributed by atoms with E-state index in [0.717, 1.165) is 18.4 Å². The topological polar surface area (TPSA) is 68.6 Å². The van der Waals surface area contributed by atoms with Gasteiger partial charge in [-0.05, 0) is 56.7 Å². The van der Waals surface area contributed by atoms with Crippen molar-refractivity contribution in [1.29, 1.82) is 0 Å². The van der Waals surface area contributed by atoms with Crippen molar-refractivity contribution in [2.45, 2.75) is 51.6 Å². The van der Waals surface area contributed by atoms with Crippen molar-refractivity contribution in [3.8, 4) is 11.5 Å². The van der Waals surface area contributed by atoms with Gasteiger partial charge in [-0.25, -0.2) is 13.5 Å². The minimum atomic E-state index is -2.49. The number of piperidine rings is 1. The Morgan fingerprint density at radius 1 is 1.28 bits per heavy atom. The Morgan fingerprint density at radius 3 is 2.84 bits per heavy atom. The Hall–Kier alpha value is -2.84. The summed E-state index contributed by atoms with van der Waals surface area (Å²) >= 11 is 0. The van der Waals surface area contributed by atoms with E-state index in [2.05, 4.69) is 10.4 Å². The van der Waals surface area contributed by atoms with Gasteiger partial charge in [0.05, 0.1) is 12.8 Å². The normalized spacial score (nSPS) is 22.9. The number of hydrogen-bond donors (Lipinski definition) is 1. The third-order valence-corrected chi connectivity index (χ3v) is 6.34. The maximum absolute atomic E-state index is 13.7. The maximum Gasteiger partial charge on any atom is 0.260 e. The van der Waals surface area contributed by atoms with E-state index in [9.17, 15) is 13.6 Å². The van der Waals surface area contributed by atoms with Crippen LogP contribution in [0, 0.1) is 19.8 Å². The maximum atomic E-state index is 13.7. The van der Waals surface area contributed by atoms with Gasteiger partial charge in [0.1, 0.15) is 11.9 Å². The third-order valence-electron chi connectivity index (χ3n) is 6.34. The minimum Gasteiger partial charge on any atom is -0.493 e. The zero-order valence-electron chi connectivity index (χ0n) is 18.7. The average Bonchev–Trinajstić information content (AvgIpc) is 3.17. The molecule has 0 unspecified atom stereocenters. The van der Waals surface area contributed by atoms with Crippen molar-refractivity contribution < 1.29 is 23.0 Å². The van der Waals surface area contributed by atoms with E-state index in [1.165, 1.54) is 4.68 Å². The van der Waals surface area contributed by atoms with Crippen LogP contribution >= 0.6 is 0 Å². The van der Waals surface area contributed by atoms with Crippen LogP contribution in [0.25, 0.3) is 0 Å². The first-order valence-electron chi connectivity index (χ1n) is 11.0. The number of alkyl halides is 2. The molecule has 0 radical (unpaired) electrons. The lowest BCUT2D eigenvalue weighted by Crippen LogP contribution is -2.49. The fourth-order valence-corrected chi connectivity index (χ4v) is 4.70. The van der Waals surface area contributed by atoms with Crippen LogP contribution in [-0.4, -0.2) is 59.9 Å². The molecule has 1 aromatic heterocycles. The molecular weight excluding hydrogens is 418 g/mol. The predicted molar refractivity (Wildman–Crippen MR) is 117 cm³/mol. The summed E-state index contributed by atoms with van der Waals surface area (Å²) in [5.41, 5.74) is 1.75. The van der Waals surface area contributed by atoms with Gasteiger partial charge in [-0.15, -0.1) is 0 Å². The number of nitrogens with one attached hydrogen (secondary N) is 1. The molecule has 1 fully saturated rings. The molecule has 1 aromatic carbocycles. The Bertz CT molecular complexity index is 965. The summed E-state index contributed by atoms with van der Waals surface area (Å²) in [5.74, 6) is 1.72. The first-order valence-corrected chi connectivity index (χ1v) is 11.0. The number of likely N-dealkylation sites (tertiary alicyclic amines) is 1. The van der Waals surface area contributed by atoms with Crippen LogP contribution in [0.3, 0.4) is 0 Å². The Balaban J connectivity index is 1.39. The molecule has 4 rings (SSSR count). The number of carbonyl (C=O) groups is 1. The standard InChI is InChI=1S/C23H30F2N4O3/c1-14-6-7-19(20(9-14)31-3)32-13-22(30)28-8-4-5-16(12-28)17-11-18(23(24)25)29-21(26-17)10-15(2)27-29/h6-7,9-10,16-18,23,26H,4-5,8,11-13H2,1-3H3/t16-,17+,18-/m1/s1. The molecular formula is C23H30F2N4O3. The van der Waals surface area contributed by atoms with Crippen molar-refractivity contribution in [2.24, 2.45) is 5.92 Å². The molecule has 9 heteroatoms. The number of carbonyl (C=O) groups excluding carboxylic acids is 1. The molecule has 1 amide bonds. The lowest BCUT2D eigenvalue weighted by atomic mass is 9.86. The molecule has 32 heavy (non-hydrogen) atoms. The second kappa shape index (κ2) is 9.34. The lowest BCUT2D eigenvalue weighted by Gasteiger charge is -2.41. The second-order valence-corrected chi connectivity index (χ2v) is 8.69. The number of fused-ring (bicyclic) bond motifs is 1. The Labute approximate surface area is 186 Å². The highest BCUT2D eigenvalue weighted by atomic mass is 19.3. The molecule has 3 heterocycles. The van der Waals surface area contributed by atoms with Crippen LogP contribution < -0.4 is 14.8 Å². The van der Waals surface area contributed by atoms with Crippen molar-refractivity contribution in [1.82, 2.24) is 14.7 Å². The average molecular weight is 449 g/mol. The summed E-state index contributed by atoms with van der Waals surface area (Å²) in [5, 5.41) is 7.62. The molecule has 3 atom stereocenters. The number of ether oxygens (including phenoxy) is 2. The number of aryl methyl sites for hydroxylation is 2. The Kier molecular flexibility index (Phi) is 6.53. The number of halogens is 2. The van der Waals surface area contributed by atoms with Gasteiger partial charge in [0.15, 0.2) is 18.1 Å². The molecule has 0 bridgehead atoms. The van der Waals surface area contributed by atoms with Crippen LogP contribution in [0.2, 0.25) is 0 Å². The first kappa shape index (κ1) is 22.4. The number of aromatic nitrogens is 2. The van der Waals surface area contributed by atoms with E-state index >= 15 is 0 Å². The number of benzene rings is 1. The van der Waals surface area contributed by atoms with E-state index in [-0.39, 0.29) is 30.9 Å². The number of methoxy groups -OCH3 is 1. The number of anilines is 1. The molecule has 0 aliphatic carbocycles. The van der Waals surface area contributed by atoms with Gasteiger partial charge in [0.2, 0.25) is 0 Å². The number of rotatable bonds is 6. The van der Waals surface area contributed by atoms with Crippen molar-refractivity contribution in [3.05, 3.63) is 35.5 Å². The van der Waals surface area contributed by atoms with Crippen LogP contribution in [0.5, 0.6) is 11.5 Å². The van der Waals surface area contributed by atoms with Crippen molar-refractivity contribution >= 4 is 11.7 Å². The van der Waals surface area contributed by atoms with Gasteiger partial charge >= 0.3 is 0 Å². The SMILES string of the molecule is COc1cc(C)ccc1OCC(=O)N1CCC[C@@H]([C@@H]2C[C@H](C(F)F)n3nc(C)cc3N2)C1. The first-order chi connectivity index (χ1) is 15.4. The molecule has 0 saturated carbocycles. The number of amides is 1. The van der Waals surface area contributed by atoms with Crippen LogP contribution in [0.1, 0.15) is 36.6 Å². The molecule has 2 aromatic rings. The molecule has 7 nitrogen and oxygen atoms in total. The highest BCUT2D eigenvalue weighted by molar-refractivity contribution is 5.78. The predicted octanol–water partition coefficient (Wildman–Crippen LogP) is 3.82. The fourth-order valence-electron chi connectivity index (χ4n) is 4.70. The number of hydrogen-bond acceptors (Lipinski definition) is 5. The monoisotopic (exact) mass is 448 g/mol. The van der Waals surface area contributed by atoms with E-state index in [1.54, 1.807) is 31.1 Å². The quantitative estimate of drug-likeness (QED) is 0.728. The molecule has 2 aliphatic rings. The summed E-state index contributed by atoms with van der Waals surface area (Å²) in [6.45, 7) is 4.83. The van der Waals surface area contributed by atoms with Gasteiger partial charge in [-0.2, -0.15) is 5.10 Å². The molecule has 1 N–H and O–H groups in total. The zero-order chi connectivity index (χ0) is 22.8. The van der Waals surface area contributed by atoms with Crippen LogP contribution in [0.4, 0.5) is 14.6 Å². The van der Waals surface area contributed by atoms with Gasteiger partial charge in [-0.3, -0.25) is 4.79 Å². The van der Waals surface area contributed by atoms with E-state index < -0.39 is 12.5 Å². The molecule has 2 aliphatic heterocycles. The van der Waals surface area contributed by atoms with Crippen molar-refractivity contribution in [2.75, 3.05) is 32.1 Å². The fraction of sp³-hybridized carbons (Fsp3) is 0.565. The zero-order valence-corrected chi connectivity index (χ0v) is 18.7. The summed E-state index contributed by atoms with van der Waals surface area (Å²) in [6, 6.07) is 6.27. The Morgan fingerprint density at radius 2 is 2.09 bits per heavy atom. The highest BCUT2D eigenvalue weighted by Gasteiger charge is 2.38. The molecule has 0 spiro atoms.